The molecule has 1 fully saturated rings. The second-order valence-electron chi connectivity index (χ2n) is 8.32. The highest BCUT2D eigenvalue weighted by molar-refractivity contribution is 6.03. The van der Waals surface area contributed by atoms with Gasteiger partial charge in [0.15, 0.2) is 0 Å². The maximum absolute atomic E-state index is 15.2. The molecular formula is C24H23FN6O3. The van der Waals surface area contributed by atoms with Gasteiger partial charge in [-0.1, -0.05) is 0 Å². The molecule has 0 radical (unpaired) electrons. The van der Waals surface area contributed by atoms with Gasteiger partial charge in [-0.15, -0.1) is 0 Å². The summed E-state index contributed by atoms with van der Waals surface area (Å²) < 4.78 is 15.2. The summed E-state index contributed by atoms with van der Waals surface area (Å²) in [5, 5.41) is 15.6. The van der Waals surface area contributed by atoms with Gasteiger partial charge >= 0.3 is 6.09 Å². The third kappa shape index (κ3) is 3.87. The number of amides is 2. The smallest absolute Gasteiger partial charge is 0.404 e. The van der Waals surface area contributed by atoms with Crippen molar-refractivity contribution in [2.45, 2.75) is 18.9 Å². The summed E-state index contributed by atoms with van der Waals surface area (Å²) in [6, 6.07) is 6.66. The van der Waals surface area contributed by atoms with E-state index in [9.17, 15) is 9.59 Å². The van der Waals surface area contributed by atoms with Crippen LogP contribution in [0.15, 0.2) is 42.9 Å². The zero-order valence-corrected chi connectivity index (χ0v) is 18.4. The number of aromatic nitrogens is 3. The van der Waals surface area contributed by atoms with Crippen LogP contribution in [0.1, 0.15) is 23.2 Å². The molecule has 1 aromatic carbocycles. The molecule has 9 nitrogen and oxygen atoms in total. The molecule has 1 aliphatic rings. The van der Waals surface area contributed by atoms with E-state index in [-0.39, 0.29) is 17.5 Å². The number of carbonyl (C=O) groups is 2. The molecule has 34 heavy (non-hydrogen) atoms. The topological polar surface area (TPSA) is 123 Å². The molecule has 1 saturated heterocycles. The first-order valence-electron chi connectivity index (χ1n) is 11.0. The zero-order chi connectivity index (χ0) is 23.8. The SMILES string of the molecule is CNC(=O)c1cnc2[nH]cc(-c3cc(F)c4nccc(N5CCC[C@H](NC(=O)O)C5)c4c3)c2c1. The van der Waals surface area contributed by atoms with Crippen molar-refractivity contribution >= 4 is 39.6 Å². The summed E-state index contributed by atoms with van der Waals surface area (Å²) in [4.78, 5) is 36.9. The number of H-pyrrole nitrogens is 1. The second kappa shape index (κ2) is 8.62. The highest BCUT2D eigenvalue weighted by Crippen LogP contribution is 2.35. The lowest BCUT2D eigenvalue weighted by Gasteiger charge is -2.34. The van der Waals surface area contributed by atoms with E-state index < -0.39 is 11.9 Å². The number of pyridine rings is 2. The molecular weight excluding hydrogens is 439 g/mol. The van der Waals surface area contributed by atoms with Crippen LogP contribution in [0, 0.1) is 5.82 Å². The molecule has 0 aliphatic carbocycles. The first-order valence-corrected chi connectivity index (χ1v) is 11.0. The standard InChI is InChI=1S/C24H23FN6O3/c1-26-23(32)14-8-16-18(11-29-22(16)28-10-14)13-7-17-20(4-5-27-21(17)19(25)9-13)31-6-2-3-15(12-31)30-24(33)34/h4-5,7-11,15,30H,2-3,6,12H2,1H3,(H,26,32)(H,28,29)(H,33,34)/t15-/m0/s1. The molecule has 10 heteroatoms. The van der Waals surface area contributed by atoms with Crippen molar-refractivity contribution in [3.63, 3.8) is 0 Å². The molecule has 2 amide bonds. The van der Waals surface area contributed by atoms with Gasteiger partial charge in [0.2, 0.25) is 0 Å². The molecule has 1 aliphatic heterocycles. The maximum Gasteiger partial charge on any atom is 0.404 e. The molecule has 4 N–H and O–H groups in total. The second-order valence-corrected chi connectivity index (χ2v) is 8.32. The van der Waals surface area contributed by atoms with Crippen LogP contribution in [-0.2, 0) is 0 Å². The molecule has 0 bridgehead atoms. The van der Waals surface area contributed by atoms with E-state index in [1.54, 1.807) is 25.5 Å². The van der Waals surface area contributed by atoms with Gasteiger partial charge in [-0.2, -0.15) is 0 Å². The van der Waals surface area contributed by atoms with Gasteiger partial charge in [-0.25, -0.2) is 14.2 Å². The number of carboxylic acid groups (broad SMARTS) is 1. The van der Waals surface area contributed by atoms with Crippen LogP contribution in [-0.4, -0.2) is 58.2 Å². The molecule has 174 valence electrons. The number of aromatic amines is 1. The Balaban J connectivity index is 1.61. The van der Waals surface area contributed by atoms with E-state index in [1.165, 1.54) is 12.3 Å². The zero-order valence-electron chi connectivity index (χ0n) is 18.4. The fourth-order valence-corrected chi connectivity index (χ4v) is 4.63. The summed E-state index contributed by atoms with van der Waals surface area (Å²) in [5.74, 6) is -0.719. The summed E-state index contributed by atoms with van der Waals surface area (Å²) in [5.41, 5.74) is 3.38. The fourth-order valence-electron chi connectivity index (χ4n) is 4.63. The molecule has 4 heterocycles. The molecule has 3 aromatic heterocycles. The van der Waals surface area contributed by atoms with E-state index in [4.69, 9.17) is 5.11 Å². The summed E-state index contributed by atoms with van der Waals surface area (Å²) >= 11 is 0. The Hall–Kier alpha value is -4.21. The Morgan fingerprint density at radius 2 is 2.09 bits per heavy atom. The minimum Gasteiger partial charge on any atom is -0.465 e. The first kappa shape index (κ1) is 21.6. The van der Waals surface area contributed by atoms with Gasteiger partial charge in [-0.05, 0) is 42.7 Å². The number of nitrogens with zero attached hydrogens (tertiary/aromatic N) is 3. The van der Waals surface area contributed by atoms with Gasteiger partial charge < -0.3 is 25.6 Å². The number of hydrogen-bond donors (Lipinski definition) is 4. The van der Waals surface area contributed by atoms with Gasteiger partial charge in [-0.3, -0.25) is 9.78 Å². The fraction of sp³-hybridized carbons (Fsp3) is 0.250. The Morgan fingerprint density at radius 3 is 2.88 bits per heavy atom. The lowest BCUT2D eigenvalue weighted by Crippen LogP contribution is -2.47. The molecule has 0 spiro atoms. The Labute approximate surface area is 194 Å². The van der Waals surface area contributed by atoms with Crippen LogP contribution in [0.5, 0.6) is 0 Å². The van der Waals surface area contributed by atoms with Gasteiger partial charge in [0.25, 0.3) is 5.91 Å². The number of hydrogen-bond acceptors (Lipinski definition) is 5. The molecule has 4 aromatic rings. The van der Waals surface area contributed by atoms with Crippen LogP contribution in [0.3, 0.4) is 0 Å². The predicted molar refractivity (Wildman–Crippen MR) is 127 cm³/mol. The van der Waals surface area contributed by atoms with E-state index in [2.05, 4.69) is 30.5 Å². The van der Waals surface area contributed by atoms with Crippen molar-refractivity contribution in [2.75, 3.05) is 25.0 Å². The van der Waals surface area contributed by atoms with Crippen LogP contribution in [0.25, 0.3) is 33.1 Å². The normalized spacial score (nSPS) is 16.1. The van der Waals surface area contributed by atoms with E-state index in [0.717, 1.165) is 25.1 Å². The highest BCUT2D eigenvalue weighted by atomic mass is 19.1. The molecule has 0 saturated carbocycles. The molecule has 1 atom stereocenters. The molecule has 0 unspecified atom stereocenters. The van der Waals surface area contributed by atoms with E-state index in [1.807, 2.05) is 12.1 Å². The number of carbonyl (C=O) groups excluding carboxylic acids is 1. The Morgan fingerprint density at radius 1 is 1.24 bits per heavy atom. The summed E-state index contributed by atoms with van der Waals surface area (Å²) in [6.07, 6.45) is 5.32. The van der Waals surface area contributed by atoms with Crippen molar-refractivity contribution in [1.82, 2.24) is 25.6 Å². The van der Waals surface area contributed by atoms with Crippen molar-refractivity contribution in [2.24, 2.45) is 0 Å². The van der Waals surface area contributed by atoms with Crippen molar-refractivity contribution in [3.05, 3.63) is 54.2 Å². The Kier molecular flexibility index (Phi) is 5.48. The molecule has 5 rings (SSSR count). The number of piperidine rings is 1. The largest absolute Gasteiger partial charge is 0.465 e. The minimum atomic E-state index is -1.05. The summed E-state index contributed by atoms with van der Waals surface area (Å²) in [7, 11) is 1.55. The van der Waals surface area contributed by atoms with Gasteiger partial charge in [0.05, 0.1) is 5.56 Å². The van der Waals surface area contributed by atoms with Gasteiger partial charge in [0.1, 0.15) is 17.0 Å². The monoisotopic (exact) mass is 462 g/mol. The van der Waals surface area contributed by atoms with Crippen LogP contribution >= 0.6 is 0 Å². The quantitative estimate of drug-likeness (QED) is 0.368. The predicted octanol–water partition coefficient (Wildman–Crippen LogP) is 3.51. The number of nitrogens with one attached hydrogen (secondary N) is 3. The van der Waals surface area contributed by atoms with Crippen LogP contribution < -0.4 is 15.5 Å². The van der Waals surface area contributed by atoms with Crippen molar-refractivity contribution in [3.8, 4) is 11.1 Å². The number of rotatable bonds is 4. The lowest BCUT2D eigenvalue weighted by atomic mass is 10.00. The number of fused-ring (bicyclic) bond motifs is 2. The third-order valence-electron chi connectivity index (χ3n) is 6.20. The van der Waals surface area contributed by atoms with E-state index >= 15 is 4.39 Å². The number of halogens is 1. The van der Waals surface area contributed by atoms with Crippen molar-refractivity contribution in [1.29, 1.82) is 0 Å². The van der Waals surface area contributed by atoms with Crippen LogP contribution in [0.2, 0.25) is 0 Å². The minimum absolute atomic E-state index is 0.203. The number of benzene rings is 1. The van der Waals surface area contributed by atoms with Crippen molar-refractivity contribution < 1.29 is 19.1 Å². The Bertz CT molecular complexity index is 1420. The van der Waals surface area contributed by atoms with Gasteiger partial charge in [0, 0.05) is 66.8 Å². The highest BCUT2D eigenvalue weighted by Gasteiger charge is 2.24. The summed E-state index contributed by atoms with van der Waals surface area (Å²) in [6.45, 7) is 1.22. The average molecular weight is 462 g/mol. The van der Waals surface area contributed by atoms with Crippen LogP contribution in [0.4, 0.5) is 14.9 Å². The third-order valence-corrected chi connectivity index (χ3v) is 6.20. The maximum atomic E-state index is 15.2. The first-order chi connectivity index (χ1) is 16.4. The lowest BCUT2D eigenvalue weighted by molar-refractivity contribution is 0.0963. The number of anilines is 1. The average Bonchev–Trinajstić information content (AvgIpc) is 3.26. The van der Waals surface area contributed by atoms with E-state index in [0.29, 0.717) is 39.7 Å².